The molecule has 1 atom stereocenters. The summed E-state index contributed by atoms with van der Waals surface area (Å²) in [4.78, 5) is 17.9. The van der Waals surface area contributed by atoms with E-state index in [0.717, 1.165) is 62.4 Å². The van der Waals surface area contributed by atoms with Crippen LogP contribution in [0.15, 0.2) is 18.2 Å². The first-order valence-electron chi connectivity index (χ1n) is 8.94. The van der Waals surface area contributed by atoms with Crippen molar-refractivity contribution in [2.45, 2.75) is 25.9 Å². The molecule has 2 saturated heterocycles. The van der Waals surface area contributed by atoms with Crippen LogP contribution >= 0.6 is 11.3 Å². The van der Waals surface area contributed by atoms with Crippen LogP contribution in [0.3, 0.4) is 0 Å². The summed E-state index contributed by atoms with van der Waals surface area (Å²) < 4.78 is 20.6. The number of piperazine rings is 1. The molecule has 0 N–H and O–H groups in total. The summed E-state index contributed by atoms with van der Waals surface area (Å²) in [5.74, 6) is -0.207. The van der Waals surface area contributed by atoms with Crippen LogP contribution in [-0.4, -0.2) is 61.1 Å². The highest BCUT2D eigenvalue weighted by atomic mass is 32.1. The molecule has 2 aliphatic rings. The maximum atomic E-state index is 14.1. The van der Waals surface area contributed by atoms with E-state index in [4.69, 9.17) is 4.74 Å². The van der Waals surface area contributed by atoms with Gasteiger partial charge in [0.05, 0.1) is 11.0 Å². The zero-order valence-electron chi connectivity index (χ0n) is 14.5. The molecule has 0 saturated carbocycles. The Morgan fingerprint density at radius 2 is 2.12 bits per heavy atom. The van der Waals surface area contributed by atoms with Gasteiger partial charge in [-0.1, -0.05) is 6.07 Å². The summed E-state index contributed by atoms with van der Waals surface area (Å²) in [6.45, 7) is 6.90. The topological polar surface area (TPSA) is 32.8 Å². The second kappa shape index (κ2) is 7.02. The van der Waals surface area contributed by atoms with Crippen molar-refractivity contribution in [1.82, 2.24) is 9.80 Å². The highest BCUT2D eigenvalue weighted by molar-refractivity contribution is 7.21. The molecule has 4 rings (SSSR count). The van der Waals surface area contributed by atoms with Gasteiger partial charge in [-0.3, -0.25) is 9.69 Å². The Kier molecular flexibility index (Phi) is 4.75. The summed E-state index contributed by atoms with van der Waals surface area (Å²) in [7, 11) is 0. The quantitative estimate of drug-likeness (QED) is 0.840. The summed E-state index contributed by atoms with van der Waals surface area (Å²) >= 11 is 1.40. The van der Waals surface area contributed by atoms with Crippen LogP contribution in [0.4, 0.5) is 4.39 Å². The number of amides is 1. The SMILES string of the molecule is Cc1c(C(=O)N2CCN(CC3CCCO3)CC2)sc2cccc(F)c12. The Bertz CT molecular complexity index is 777. The van der Waals surface area contributed by atoms with E-state index in [1.54, 1.807) is 6.07 Å². The number of fused-ring (bicyclic) bond motifs is 1. The fourth-order valence-electron chi connectivity index (χ4n) is 3.81. The lowest BCUT2D eigenvalue weighted by molar-refractivity contribution is 0.0435. The number of ether oxygens (including phenoxy) is 1. The molecule has 3 heterocycles. The fourth-order valence-corrected chi connectivity index (χ4v) is 5.00. The number of thiophene rings is 1. The molecule has 6 heteroatoms. The standard InChI is InChI=1S/C19H23FN2O2S/c1-13-17-15(20)5-2-6-16(17)25-18(13)19(23)22-9-7-21(8-10-22)12-14-4-3-11-24-14/h2,5-6,14H,3-4,7-12H2,1H3. The van der Waals surface area contributed by atoms with Gasteiger partial charge in [-0.2, -0.15) is 0 Å². The Morgan fingerprint density at radius 1 is 1.32 bits per heavy atom. The van der Waals surface area contributed by atoms with Gasteiger partial charge in [0.25, 0.3) is 5.91 Å². The van der Waals surface area contributed by atoms with Crippen molar-refractivity contribution in [2.24, 2.45) is 0 Å². The van der Waals surface area contributed by atoms with Crippen molar-refractivity contribution in [1.29, 1.82) is 0 Å². The van der Waals surface area contributed by atoms with E-state index in [0.29, 0.717) is 16.4 Å². The summed E-state index contributed by atoms with van der Waals surface area (Å²) in [6, 6.07) is 5.04. The van der Waals surface area contributed by atoms with Gasteiger partial charge in [0, 0.05) is 49.4 Å². The third-order valence-corrected chi connectivity index (χ3v) is 6.49. The maximum absolute atomic E-state index is 14.1. The number of aryl methyl sites for hydroxylation is 1. The molecule has 2 aromatic rings. The number of halogens is 1. The number of nitrogens with zero attached hydrogens (tertiary/aromatic N) is 2. The van der Waals surface area contributed by atoms with Crippen LogP contribution in [0.1, 0.15) is 28.1 Å². The lowest BCUT2D eigenvalue weighted by Gasteiger charge is -2.35. The number of benzene rings is 1. The molecule has 1 aromatic heterocycles. The molecule has 0 radical (unpaired) electrons. The normalized spacial score (nSPS) is 22.0. The average molecular weight is 362 g/mol. The van der Waals surface area contributed by atoms with Crippen molar-refractivity contribution in [2.75, 3.05) is 39.3 Å². The smallest absolute Gasteiger partial charge is 0.264 e. The molecule has 4 nitrogen and oxygen atoms in total. The second-order valence-corrected chi connectivity index (χ2v) is 7.95. The van der Waals surface area contributed by atoms with Crippen molar-refractivity contribution in [3.63, 3.8) is 0 Å². The third kappa shape index (κ3) is 3.30. The number of hydrogen-bond donors (Lipinski definition) is 0. The summed E-state index contributed by atoms with van der Waals surface area (Å²) in [5, 5.41) is 0.591. The van der Waals surface area contributed by atoms with E-state index in [-0.39, 0.29) is 11.7 Å². The van der Waals surface area contributed by atoms with E-state index in [2.05, 4.69) is 4.90 Å². The van der Waals surface area contributed by atoms with Crippen LogP contribution in [0.25, 0.3) is 10.1 Å². The highest BCUT2D eigenvalue weighted by Gasteiger charge is 2.27. The van der Waals surface area contributed by atoms with E-state index in [1.807, 2.05) is 17.9 Å². The summed E-state index contributed by atoms with van der Waals surface area (Å²) in [6.07, 6.45) is 2.66. The average Bonchev–Trinajstić information content (AvgIpc) is 3.24. The molecule has 1 amide bonds. The van der Waals surface area contributed by atoms with Crippen molar-refractivity contribution in [3.05, 3.63) is 34.5 Å². The van der Waals surface area contributed by atoms with Crippen molar-refractivity contribution in [3.8, 4) is 0 Å². The van der Waals surface area contributed by atoms with Gasteiger partial charge >= 0.3 is 0 Å². The van der Waals surface area contributed by atoms with E-state index >= 15 is 0 Å². The van der Waals surface area contributed by atoms with E-state index < -0.39 is 0 Å². The minimum Gasteiger partial charge on any atom is -0.377 e. The maximum Gasteiger partial charge on any atom is 0.264 e. The van der Waals surface area contributed by atoms with Crippen molar-refractivity contribution >= 4 is 27.3 Å². The largest absolute Gasteiger partial charge is 0.377 e. The first kappa shape index (κ1) is 16.9. The summed E-state index contributed by atoms with van der Waals surface area (Å²) in [5.41, 5.74) is 0.768. The highest BCUT2D eigenvalue weighted by Crippen LogP contribution is 2.33. The second-order valence-electron chi connectivity index (χ2n) is 6.90. The van der Waals surface area contributed by atoms with E-state index in [9.17, 15) is 9.18 Å². The van der Waals surface area contributed by atoms with Gasteiger partial charge in [0.1, 0.15) is 5.82 Å². The zero-order chi connectivity index (χ0) is 17.4. The molecule has 25 heavy (non-hydrogen) atoms. The van der Waals surface area contributed by atoms with Gasteiger partial charge in [-0.05, 0) is 37.5 Å². The van der Waals surface area contributed by atoms with Gasteiger partial charge in [0.15, 0.2) is 0 Å². The molecule has 1 aromatic carbocycles. The molecule has 0 bridgehead atoms. The number of carbonyl (C=O) groups excluding carboxylic acids is 1. The Labute approximate surface area is 151 Å². The first-order chi connectivity index (χ1) is 12.1. The molecule has 2 fully saturated rings. The van der Waals surface area contributed by atoms with Crippen LogP contribution in [0, 0.1) is 12.7 Å². The van der Waals surface area contributed by atoms with Gasteiger partial charge < -0.3 is 9.64 Å². The van der Waals surface area contributed by atoms with Crippen molar-refractivity contribution < 1.29 is 13.9 Å². The molecule has 134 valence electrons. The minimum absolute atomic E-state index is 0.0369. The first-order valence-corrected chi connectivity index (χ1v) is 9.76. The van der Waals surface area contributed by atoms with Crippen LogP contribution in [0.2, 0.25) is 0 Å². The zero-order valence-corrected chi connectivity index (χ0v) is 15.3. The minimum atomic E-state index is -0.244. The molecule has 2 aliphatic heterocycles. The lowest BCUT2D eigenvalue weighted by atomic mass is 10.1. The van der Waals surface area contributed by atoms with Gasteiger partial charge in [0.2, 0.25) is 0 Å². The number of rotatable bonds is 3. The molecule has 0 spiro atoms. The van der Waals surface area contributed by atoms with E-state index in [1.165, 1.54) is 17.4 Å². The van der Waals surface area contributed by atoms with Crippen LogP contribution in [0.5, 0.6) is 0 Å². The van der Waals surface area contributed by atoms with Gasteiger partial charge in [-0.15, -0.1) is 11.3 Å². The fraction of sp³-hybridized carbons (Fsp3) is 0.526. The molecular formula is C19H23FN2O2S. The Balaban J connectivity index is 1.44. The number of carbonyl (C=O) groups is 1. The van der Waals surface area contributed by atoms with Crippen LogP contribution in [-0.2, 0) is 4.74 Å². The Hall–Kier alpha value is -1.50. The predicted molar refractivity (Wildman–Crippen MR) is 97.8 cm³/mol. The van der Waals surface area contributed by atoms with Gasteiger partial charge in [-0.25, -0.2) is 4.39 Å². The number of hydrogen-bond acceptors (Lipinski definition) is 4. The Morgan fingerprint density at radius 3 is 2.80 bits per heavy atom. The molecule has 0 aliphatic carbocycles. The monoisotopic (exact) mass is 362 g/mol. The lowest BCUT2D eigenvalue weighted by Crippen LogP contribution is -2.50. The molecular weight excluding hydrogens is 339 g/mol. The molecule has 1 unspecified atom stereocenters. The predicted octanol–water partition coefficient (Wildman–Crippen LogP) is 3.29. The third-order valence-electron chi connectivity index (χ3n) is 5.24. The van der Waals surface area contributed by atoms with Crippen LogP contribution < -0.4 is 0 Å².